The predicted molar refractivity (Wildman–Crippen MR) is 359 cm³/mol. The second-order valence-corrected chi connectivity index (χ2v) is 180. The van der Waals surface area contributed by atoms with Crippen LogP contribution in [0.25, 0.3) is 0 Å². The summed E-state index contributed by atoms with van der Waals surface area (Å²) in [7, 11) is -4.17. The summed E-state index contributed by atoms with van der Waals surface area (Å²) in [4.78, 5) is 63.8. The molecule has 0 aromatic carbocycles. The molecule has 0 unspecified atom stereocenters. The summed E-state index contributed by atoms with van der Waals surface area (Å²) in [5.41, 5.74) is 2.57. The number of esters is 2. The van der Waals surface area contributed by atoms with Gasteiger partial charge in [0.25, 0.3) is 16.6 Å². The first kappa shape index (κ1) is 86.9. The number of fused-ring (bicyclic) bond motifs is 2. The molecule has 74 heavy (non-hydrogen) atoms. The van der Waals surface area contributed by atoms with E-state index in [0.717, 1.165) is 17.6 Å². The van der Waals surface area contributed by atoms with Gasteiger partial charge in [-0.15, -0.1) is 24.7 Å². The van der Waals surface area contributed by atoms with Crippen molar-refractivity contribution in [1.29, 1.82) is 0 Å². The van der Waals surface area contributed by atoms with Crippen molar-refractivity contribution in [2.75, 3.05) is 26.1 Å². The average molecular weight is 2540 g/mol. The van der Waals surface area contributed by atoms with E-state index in [-0.39, 0.29) is 226 Å². The third kappa shape index (κ3) is 40.0. The standard InChI is InChI=1S/C19H27N3O4.C15H23N3O4.C5H8O3S.CH2O3.2Cs.I6.I5.H/c1-7-9-10-22-16(17(23)25-8-2)14-12-21(13(3)11-15(14)20-22)18(24)26-19(4,5)6;1-6-21-13(19)12-10-8-18(14(20)22-15(3,4)5)9(2)7-11(10)16-17-12;1-3-4-5-8-9(2,6)7;2-1-4-3;;;1-5(2)6(3)4;1-4-5(2)3;/h1,13H,8-12H2,2-6H3;9H,6-8H2,1-5H3,(H,16,17);1H,4-5H2,2H3;1,3H;;;;;/q;;;;2*+1;;2*-1/p-1/t13-;9-;;;;;;;/m11......./s1. The zero-order valence-electron chi connectivity index (χ0n) is 44.0. The van der Waals surface area contributed by atoms with Crippen LogP contribution in [0.1, 0.15) is 127 Å². The second kappa shape index (κ2) is 47.5. The molecule has 2 atom stereocenters. The van der Waals surface area contributed by atoms with Gasteiger partial charge in [-0.1, -0.05) is 0 Å². The number of hydrogen-bond donors (Lipinski definition) is 1. The number of rotatable bonds is 12. The molecule has 1 N–H and O–H groups in total. The Kier molecular flexibility index (Phi) is 55.9. The Bertz CT molecular complexity index is 2210. The van der Waals surface area contributed by atoms with Crippen LogP contribution in [0, 0.1) is 24.7 Å². The number of ether oxygens (including phenoxy) is 4. The van der Waals surface area contributed by atoms with Crippen LogP contribution in [0.15, 0.2) is 0 Å². The van der Waals surface area contributed by atoms with Crippen LogP contribution in [0.4, 0.5) is 9.59 Å². The van der Waals surface area contributed by atoms with Crippen molar-refractivity contribution >= 4 is 195 Å². The molecule has 4 heterocycles. The molecule has 2 aromatic rings. The van der Waals surface area contributed by atoms with E-state index in [4.69, 9.17) is 41.8 Å². The molecule has 2 aliphatic heterocycles. The number of nitrogens with one attached hydrogen (secondary N) is 1. The maximum atomic E-state index is 12.6. The summed E-state index contributed by atoms with van der Waals surface area (Å²) in [6, 6.07) is -0.110. The Morgan fingerprint density at radius 3 is 1.66 bits per heavy atom. The van der Waals surface area contributed by atoms with Crippen molar-refractivity contribution in [3.05, 3.63) is 33.9 Å². The number of halogens is 11. The number of aryl methyl sites for hydroxylation is 1. The number of nitrogens with zero attached hydrogens (tertiary/aromatic N) is 5. The Morgan fingerprint density at radius 1 is 0.851 bits per heavy atom. The van der Waals surface area contributed by atoms with Crippen molar-refractivity contribution in [3.8, 4) is 24.7 Å². The minimum absolute atomic E-state index is 0. The number of amides is 2. The van der Waals surface area contributed by atoms with Gasteiger partial charge in [-0.3, -0.25) is 18.8 Å². The van der Waals surface area contributed by atoms with Crippen LogP contribution in [0.3, 0.4) is 0 Å². The van der Waals surface area contributed by atoms with Crippen molar-refractivity contribution in [1.82, 2.24) is 29.8 Å². The third-order valence-corrected chi connectivity index (χ3v) is 257. The number of terminal acetylenes is 2. The molecule has 0 aliphatic carbocycles. The number of carbonyl (C=O) groups is 5. The maximum Gasteiger partial charge on any atom is 1.00 e. The quantitative estimate of drug-likeness (QED) is 0.0368. The minimum Gasteiger partial charge on any atom is -1.00 e. The van der Waals surface area contributed by atoms with Gasteiger partial charge in [-0.05, 0) is 69.2 Å². The number of carbonyl (C=O) groups excluding carboxylic acids is 5. The molecule has 2 amide bonds. The smallest absolute Gasteiger partial charge is 1.00 e. The number of aromatic nitrogens is 4. The monoisotopic (exact) mass is 2540 g/mol. The molecule has 20 nitrogen and oxygen atoms in total. The first-order chi connectivity index (χ1) is 33.3. The Morgan fingerprint density at radius 2 is 1.28 bits per heavy atom. The fourth-order valence-corrected chi connectivity index (χ4v) is 5.96. The van der Waals surface area contributed by atoms with E-state index in [9.17, 15) is 27.6 Å². The topological polar surface area (TPSA) is 251 Å². The van der Waals surface area contributed by atoms with Crippen molar-refractivity contribution in [2.45, 2.75) is 138 Å². The maximum absolute atomic E-state index is 12.6. The zero-order valence-corrected chi connectivity index (χ0v) is 80.1. The van der Waals surface area contributed by atoms with E-state index < -0.39 is 39.4 Å². The zero-order chi connectivity index (χ0) is 56.2. The first-order valence-electron chi connectivity index (χ1n) is 20.6. The molecule has 34 heteroatoms. The summed E-state index contributed by atoms with van der Waals surface area (Å²) in [6.45, 7) is 19.8. The van der Waals surface area contributed by atoms with E-state index >= 15 is 0 Å². The van der Waals surface area contributed by atoms with Gasteiger partial charge in [-0.25, -0.2) is 19.2 Å². The molecule has 0 spiro atoms. The average Bonchev–Trinajstić information content (AvgIpc) is 3.84. The first-order valence-corrected chi connectivity index (χ1v) is 79.0. The van der Waals surface area contributed by atoms with Gasteiger partial charge < -0.3 is 40.3 Å². The number of aromatic amines is 1. The second-order valence-electron chi connectivity index (χ2n) is 16.0. The van der Waals surface area contributed by atoms with Crippen LogP contribution in [0.5, 0.6) is 0 Å². The van der Waals surface area contributed by atoms with Gasteiger partial charge in [0.1, 0.15) is 11.2 Å². The van der Waals surface area contributed by atoms with Gasteiger partial charge in [0.15, 0.2) is 11.4 Å². The summed E-state index contributed by atoms with van der Waals surface area (Å²) >= 11 is 18.9. The van der Waals surface area contributed by atoms with Crippen LogP contribution < -0.4 is 156 Å². The third-order valence-electron chi connectivity index (χ3n) is 8.16. The van der Waals surface area contributed by atoms with Gasteiger partial charge in [0, 0.05) is 54.6 Å². The molecule has 4 rings (SSSR count). The Hall–Kier alpha value is 6.49. The summed E-state index contributed by atoms with van der Waals surface area (Å²) in [5, 5.41) is 19.9. The summed E-state index contributed by atoms with van der Waals surface area (Å²) in [5.74, 6) is 3.89. The molecule has 420 valence electrons. The Labute approximate surface area is 648 Å². The molecular formula is C40H60Cs2I11N6O14S-. The van der Waals surface area contributed by atoms with Crippen LogP contribution in [-0.2, 0) is 75.4 Å². The number of hydrogen-bond acceptors (Lipinski definition) is 16. The molecule has 2 aromatic heterocycles. The fraction of sp³-hybridized carbons (Fsp3) is 0.625. The minimum atomic E-state index is -3.29. The molecule has 2 aliphatic rings. The normalized spacial score (nSPS) is 14.7. The fourth-order valence-electron chi connectivity index (χ4n) is 5.58. The van der Waals surface area contributed by atoms with E-state index in [1.54, 1.807) is 28.3 Å². The van der Waals surface area contributed by atoms with Crippen molar-refractivity contribution in [2.24, 2.45) is 0 Å². The van der Waals surface area contributed by atoms with Gasteiger partial charge >= 0.3 is 329 Å². The van der Waals surface area contributed by atoms with Crippen LogP contribution >= 0.6 is 154 Å². The molecule has 0 fully saturated rings. The van der Waals surface area contributed by atoms with Gasteiger partial charge in [-0.2, -0.15) is 18.6 Å². The number of H-pyrrole nitrogens is 1. The van der Waals surface area contributed by atoms with Crippen LogP contribution in [0.2, 0.25) is 0 Å². The van der Waals surface area contributed by atoms with Crippen molar-refractivity contribution < 1.29 is 218 Å². The summed E-state index contributed by atoms with van der Waals surface area (Å²) < 4.78 is 47.5. The molecule has 0 radical (unpaired) electrons. The Balaban J connectivity index is -0.000000298. The summed E-state index contributed by atoms with van der Waals surface area (Å²) in [6.07, 6.45) is 12.3. The van der Waals surface area contributed by atoms with E-state index in [2.05, 4.69) is 167 Å². The molecule has 0 saturated heterocycles. The van der Waals surface area contributed by atoms with Crippen LogP contribution in [-0.4, -0.2) is 118 Å². The molecule has 0 saturated carbocycles. The van der Waals surface area contributed by atoms with Gasteiger partial charge in [0.05, 0.1) is 51.4 Å². The van der Waals surface area contributed by atoms with Gasteiger partial charge in [0.2, 0.25) is 0 Å². The molecular weight excluding hydrogens is 2480 g/mol. The SMILES string of the molecule is C#CCCOS(C)(=O)=O.C#CCCn1nc2c(c1C(=O)OCC)CN(C(=O)OC(C)(C)C)[C@H](C)C2.CCOC(=O)c1n[nH]c2c1CN(C(=O)OC(C)(C)C)[C@H](C)C2.II(I)I(I)I.I[I-]I(I)I.O=CO[O-].[Cs+].[Cs+].[H-]. The predicted octanol–water partition coefficient (Wildman–Crippen LogP) is 3.44. The molecule has 0 bridgehead atoms. The largest absolute Gasteiger partial charge is 1.00 e. The van der Waals surface area contributed by atoms with E-state index in [1.165, 1.54) is 0 Å². The van der Waals surface area contributed by atoms with Crippen molar-refractivity contribution in [3.63, 3.8) is 0 Å². The van der Waals surface area contributed by atoms with E-state index in [0.29, 0.717) is 62.3 Å². The van der Waals surface area contributed by atoms with E-state index in [1.807, 2.05) is 55.4 Å².